The molecule has 1 aromatic carbocycles. The summed E-state index contributed by atoms with van der Waals surface area (Å²) in [6, 6.07) is 5.59. The fourth-order valence-corrected chi connectivity index (χ4v) is 2.49. The molecule has 6 heteroatoms. The predicted molar refractivity (Wildman–Crippen MR) is 81.5 cm³/mol. The van der Waals surface area contributed by atoms with E-state index in [-0.39, 0.29) is 5.91 Å². The van der Waals surface area contributed by atoms with Crippen molar-refractivity contribution in [1.29, 1.82) is 0 Å². The van der Waals surface area contributed by atoms with Gasteiger partial charge in [-0.1, -0.05) is 0 Å². The lowest BCUT2D eigenvalue weighted by Crippen LogP contribution is -2.07. The number of hydrogen-bond donors (Lipinski definition) is 2. The molecule has 1 aromatic heterocycles. The summed E-state index contributed by atoms with van der Waals surface area (Å²) >= 11 is 1.63. The first-order chi connectivity index (χ1) is 9.60. The number of aryl methyl sites for hydroxylation is 1. The molecule has 2 aromatic rings. The van der Waals surface area contributed by atoms with Gasteiger partial charge in [0.15, 0.2) is 0 Å². The summed E-state index contributed by atoms with van der Waals surface area (Å²) in [5, 5.41) is 6.05. The number of hydrogen-bond acceptors (Lipinski definition) is 5. The van der Waals surface area contributed by atoms with Crippen molar-refractivity contribution in [3.8, 4) is 5.75 Å². The van der Waals surface area contributed by atoms with Gasteiger partial charge in [-0.2, -0.15) is 0 Å². The molecule has 0 spiro atoms. The van der Waals surface area contributed by atoms with Crippen LogP contribution in [0.5, 0.6) is 5.75 Å². The number of aromatic nitrogens is 1. The molecule has 0 atom stereocenters. The molecule has 0 aliphatic carbocycles. The molecular weight excluding hydrogens is 274 g/mol. The zero-order valence-electron chi connectivity index (χ0n) is 11.7. The van der Waals surface area contributed by atoms with Crippen LogP contribution in [-0.4, -0.2) is 18.0 Å². The maximum Gasteiger partial charge on any atom is 0.221 e. The van der Waals surface area contributed by atoms with Crippen LogP contribution in [0.15, 0.2) is 23.7 Å². The van der Waals surface area contributed by atoms with E-state index in [0.29, 0.717) is 11.4 Å². The van der Waals surface area contributed by atoms with E-state index < -0.39 is 0 Å². The van der Waals surface area contributed by atoms with Crippen molar-refractivity contribution in [2.24, 2.45) is 0 Å². The smallest absolute Gasteiger partial charge is 0.221 e. The summed E-state index contributed by atoms with van der Waals surface area (Å²) in [6.45, 7) is 4.19. The fraction of sp³-hybridized carbons (Fsp3) is 0.286. The van der Waals surface area contributed by atoms with Gasteiger partial charge in [-0.25, -0.2) is 4.98 Å². The first-order valence-corrected chi connectivity index (χ1v) is 7.06. The van der Waals surface area contributed by atoms with Gasteiger partial charge >= 0.3 is 0 Å². The van der Waals surface area contributed by atoms with Gasteiger partial charge in [-0.15, -0.1) is 11.3 Å². The number of nitrogens with zero attached hydrogens (tertiary/aromatic N) is 1. The lowest BCUT2D eigenvalue weighted by atomic mass is 10.2. The number of rotatable bonds is 5. The van der Waals surface area contributed by atoms with E-state index in [2.05, 4.69) is 15.6 Å². The number of ether oxygens (including phenoxy) is 1. The number of anilines is 2. The van der Waals surface area contributed by atoms with Gasteiger partial charge in [0.05, 0.1) is 30.5 Å². The molecule has 1 heterocycles. The molecule has 1 amide bonds. The Bertz CT molecular complexity index is 610. The fourth-order valence-electron chi connectivity index (χ4n) is 1.77. The van der Waals surface area contributed by atoms with Crippen LogP contribution in [0.4, 0.5) is 11.4 Å². The topological polar surface area (TPSA) is 63.2 Å². The van der Waals surface area contributed by atoms with Crippen LogP contribution in [0.25, 0.3) is 0 Å². The van der Waals surface area contributed by atoms with Crippen LogP contribution in [0.1, 0.15) is 17.5 Å². The third kappa shape index (κ3) is 3.48. The molecule has 106 valence electrons. The highest BCUT2D eigenvalue weighted by atomic mass is 32.1. The molecule has 0 aliphatic rings. The van der Waals surface area contributed by atoms with Crippen LogP contribution in [0, 0.1) is 6.92 Å². The van der Waals surface area contributed by atoms with E-state index in [0.717, 1.165) is 17.9 Å². The molecule has 2 N–H and O–H groups in total. The predicted octanol–water partition coefficient (Wildman–Crippen LogP) is 3.03. The number of carbonyl (C=O) groups excluding carboxylic acids is 1. The highest BCUT2D eigenvalue weighted by Crippen LogP contribution is 2.28. The molecule has 2 rings (SSSR count). The third-order valence-electron chi connectivity index (χ3n) is 2.81. The van der Waals surface area contributed by atoms with Crippen molar-refractivity contribution >= 4 is 28.6 Å². The van der Waals surface area contributed by atoms with Crippen LogP contribution in [-0.2, 0) is 11.3 Å². The van der Waals surface area contributed by atoms with Crippen molar-refractivity contribution < 1.29 is 9.53 Å². The quantitative estimate of drug-likeness (QED) is 0.889. The Hall–Kier alpha value is -2.08. The zero-order valence-corrected chi connectivity index (χ0v) is 12.5. The van der Waals surface area contributed by atoms with Gasteiger partial charge < -0.3 is 15.4 Å². The minimum atomic E-state index is -0.121. The van der Waals surface area contributed by atoms with Gasteiger partial charge in [0.1, 0.15) is 5.75 Å². The Kier molecular flexibility index (Phi) is 4.57. The summed E-state index contributed by atoms with van der Waals surface area (Å²) in [4.78, 5) is 16.5. The number of methoxy groups -OCH3 is 1. The van der Waals surface area contributed by atoms with Crippen molar-refractivity contribution in [3.05, 3.63) is 34.3 Å². The molecular formula is C14H17N3O2S. The molecule has 0 saturated carbocycles. The van der Waals surface area contributed by atoms with Crippen LogP contribution < -0.4 is 15.4 Å². The molecule has 0 unspecified atom stereocenters. The SMILES string of the molecule is COc1cc(NCc2scnc2C)ccc1NC(C)=O. The Morgan fingerprint density at radius 1 is 1.45 bits per heavy atom. The minimum Gasteiger partial charge on any atom is -0.494 e. The molecule has 20 heavy (non-hydrogen) atoms. The average molecular weight is 291 g/mol. The van der Waals surface area contributed by atoms with Gasteiger partial charge in [-0.05, 0) is 19.1 Å². The number of carbonyl (C=O) groups is 1. The van der Waals surface area contributed by atoms with Crippen molar-refractivity contribution in [2.45, 2.75) is 20.4 Å². The first-order valence-electron chi connectivity index (χ1n) is 6.18. The summed E-state index contributed by atoms with van der Waals surface area (Å²) in [6.07, 6.45) is 0. The van der Waals surface area contributed by atoms with Gasteiger partial charge in [-0.3, -0.25) is 4.79 Å². The molecule has 0 radical (unpaired) electrons. The molecule has 0 fully saturated rings. The van der Waals surface area contributed by atoms with E-state index in [1.807, 2.05) is 30.6 Å². The van der Waals surface area contributed by atoms with Crippen molar-refractivity contribution in [2.75, 3.05) is 17.7 Å². The average Bonchev–Trinajstić information content (AvgIpc) is 2.82. The van der Waals surface area contributed by atoms with Crippen LogP contribution >= 0.6 is 11.3 Å². The number of amides is 1. The number of benzene rings is 1. The monoisotopic (exact) mass is 291 g/mol. The van der Waals surface area contributed by atoms with E-state index >= 15 is 0 Å². The first kappa shape index (κ1) is 14.3. The summed E-state index contributed by atoms with van der Waals surface area (Å²) < 4.78 is 5.28. The van der Waals surface area contributed by atoms with E-state index in [4.69, 9.17) is 4.74 Å². The Morgan fingerprint density at radius 2 is 2.25 bits per heavy atom. The van der Waals surface area contributed by atoms with E-state index in [1.54, 1.807) is 18.4 Å². The maximum atomic E-state index is 11.1. The van der Waals surface area contributed by atoms with E-state index in [9.17, 15) is 4.79 Å². The molecule has 0 saturated heterocycles. The van der Waals surface area contributed by atoms with Crippen molar-refractivity contribution in [3.63, 3.8) is 0 Å². The number of thiazole rings is 1. The Labute approximate surface area is 122 Å². The molecule has 5 nitrogen and oxygen atoms in total. The van der Waals surface area contributed by atoms with Gasteiger partial charge in [0.2, 0.25) is 5.91 Å². The zero-order chi connectivity index (χ0) is 14.5. The van der Waals surface area contributed by atoms with Crippen LogP contribution in [0.3, 0.4) is 0 Å². The standard InChI is InChI=1S/C14H17N3O2S/c1-9-14(20-8-16-9)7-15-11-4-5-12(17-10(2)18)13(6-11)19-3/h4-6,8,15H,7H2,1-3H3,(H,17,18). The van der Waals surface area contributed by atoms with Gasteiger partial charge in [0.25, 0.3) is 0 Å². The summed E-state index contributed by atoms with van der Waals surface area (Å²) in [5.41, 5.74) is 4.49. The second-order valence-corrected chi connectivity index (χ2v) is 5.25. The van der Waals surface area contributed by atoms with Crippen molar-refractivity contribution in [1.82, 2.24) is 4.98 Å². The van der Waals surface area contributed by atoms with Gasteiger partial charge in [0, 0.05) is 23.6 Å². The summed E-state index contributed by atoms with van der Waals surface area (Å²) in [5.74, 6) is 0.510. The number of nitrogens with one attached hydrogen (secondary N) is 2. The second-order valence-electron chi connectivity index (χ2n) is 4.31. The Balaban J connectivity index is 2.09. The highest BCUT2D eigenvalue weighted by molar-refractivity contribution is 7.09. The lowest BCUT2D eigenvalue weighted by Gasteiger charge is -2.12. The normalized spacial score (nSPS) is 10.2. The maximum absolute atomic E-state index is 11.1. The molecule has 0 aliphatic heterocycles. The third-order valence-corrected chi connectivity index (χ3v) is 3.75. The Morgan fingerprint density at radius 3 is 2.85 bits per heavy atom. The van der Waals surface area contributed by atoms with E-state index in [1.165, 1.54) is 11.8 Å². The lowest BCUT2D eigenvalue weighted by molar-refractivity contribution is -0.114. The minimum absolute atomic E-state index is 0.121. The van der Waals surface area contributed by atoms with Crippen LogP contribution in [0.2, 0.25) is 0 Å². The summed E-state index contributed by atoms with van der Waals surface area (Å²) in [7, 11) is 1.58. The highest BCUT2D eigenvalue weighted by Gasteiger charge is 2.07. The second kappa shape index (κ2) is 6.38. The largest absolute Gasteiger partial charge is 0.494 e. The molecule has 0 bridgehead atoms.